The second-order valence-electron chi connectivity index (χ2n) is 5.76. The van der Waals surface area contributed by atoms with E-state index in [1.807, 2.05) is 6.92 Å². The van der Waals surface area contributed by atoms with Gasteiger partial charge in [0, 0.05) is 24.3 Å². The molecule has 0 spiro atoms. The molecule has 0 fully saturated rings. The Kier molecular flexibility index (Phi) is 9.30. The fourth-order valence-electron chi connectivity index (χ4n) is 2.22. The minimum Gasteiger partial charge on any atom is -0.351 e. The number of amides is 1. The van der Waals surface area contributed by atoms with Crippen LogP contribution in [0.15, 0.2) is 47.4 Å². The van der Waals surface area contributed by atoms with Crippen molar-refractivity contribution in [1.29, 1.82) is 0 Å². The number of carbonyl (C=O) groups is 1. The molecule has 0 heterocycles. The van der Waals surface area contributed by atoms with E-state index >= 15 is 0 Å². The zero-order valence-electron chi connectivity index (χ0n) is 15.2. The van der Waals surface area contributed by atoms with Gasteiger partial charge in [-0.3, -0.25) is 9.52 Å². The lowest BCUT2D eigenvalue weighted by molar-refractivity contribution is 0.0954. The van der Waals surface area contributed by atoms with Crippen LogP contribution in [0.25, 0.3) is 0 Å². The fraction of sp³-hybridized carbons (Fsp3) is 0.278. The molecule has 2 rings (SSSR count). The van der Waals surface area contributed by atoms with E-state index in [4.69, 9.17) is 0 Å². The number of rotatable bonds is 9. The lowest BCUT2D eigenvalue weighted by atomic mass is 10.2. The number of sulfonamides is 1. The average Bonchev–Trinajstić information content (AvgIpc) is 2.64. The third kappa shape index (κ3) is 6.74. The molecule has 0 radical (unpaired) electrons. The highest BCUT2D eigenvalue weighted by molar-refractivity contribution is 7.92. The van der Waals surface area contributed by atoms with Crippen LogP contribution in [0.1, 0.15) is 23.7 Å². The molecule has 1 amide bonds. The Hall–Kier alpha value is -2.23. The Morgan fingerprint density at radius 3 is 2.25 bits per heavy atom. The molecule has 0 bridgehead atoms. The molecule has 0 saturated heterocycles. The van der Waals surface area contributed by atoms with E-state index in [-0.39, 0.29) is 24.0 Å². The zero-order chi connectivity index (χ0) is 19.9. The third-order valence-corrected chi connectivity index (χ3v) is 4.99. The summed E-state index contributed by atoms with van der Waals surface area (Å²) in [7, 11) is -4.07. The van der Waals surface area contributed by atoms with Crippen molar-refractivity contribution in [3.63, 3.8) is 0 Å². The lowest BCUT2D eigenvalue weighted by Gasteiger charge is -2.10. The van der Waals surface area contributed by atoms with Crippen molar-refractivity contribution in [2.75, 3.05) is 24.4 Å². The van der Waals surface area contributed by atoms with Gasteiger partial charge in [0.1, 0.15) is 0 Å². The van der Waals surface area contributed by atoms with Crippen molar-refractivity contribution >= 4 is 34.0 Å². The van der Waals surface area contributed by atoms with Crippen molar-refractivity contribution < 1.29 is 22.0 Å². The first-order valence-electron chi connectivity index (χ1n) is 8.40. The van der Waals surface area contributed by atoms with Crippen molar-refractivity contribution in [2.24, 2.45) is 0 Å². The first-order valence-corrected chi connectivity index (χ1v) is 9.88. The Bertz CT molecular complexity index is 893. The Labute approximate surface area is 169 Å². The lowest BCUT2D eigenvalue weighted by Crippen LogP contribution is -2.32. The van der Waals surface area contributed by atoms with Gasteiger partial charge in [0.15, 0.2) is 11.6 Å². The molecule has 0 saturated carbocycles. The SMILES string of the molecule is CCCNCCNC(=O)c1ccc(NS(=O)(=O)c2ccc(F)c(F)c2)cc1.Cl. The Morgan fingerprint density at radius 1 is 0.964 bits per heavy atom. The van der Waals surface area contributed by atoms with Gasteiger partial charge in [-0.05, 0) is 55.4 Å². The predicted octanol–water partition coefficient (Wildman–Crippen LogP) is 2.92. The van der Waals surface area contributed by atoms with E-state index in [1.54, 1.807) is 0 Å². The van der Waals surface area contributed by atoms with Crippen LogP contribution in [-0.2, 0) is 10.0 Å². The number of benzene rings is 2. The highest BCUT2D eigenvalue weighted by Gasteiger charge is 2.17. The first-order chi connectivity index (χ1) is 12.8. The summed E-state index contributed by atoms with van der Waals surface area (Å²) in [5.74, 6) is -2.66. The van der Waals surface area contributed by atoms with Crippen LogP contribution in [0.5, 0.6) is 0 Å². The quantitative estimate of drug-likeness (QED) is 0.531. The van der Waals surface area contributed by atoms with E-state index in [1.165, 1.54) is 24.3 Å². The van der Waals surface area contributed by atoms with Gasteiger partial charge in [0.2, 0.25) is 0 Å². The molecular formula is C18H22ClF2N3O3S. The number of nitrogens with one attached hydrogen (secondary N) is 3. The minimum atomic E-state index is -4.07. The molecule has 0 aliphatic carbocycles. The predicted molar refractivity (Wildman–Crippen MR) is 106 cm³/mol. The molecule has 3 N–H and O–H groups in total. The van der Waals surface area contributed by atoms with Gasteiger partial charge < -0.3 is 10.6 Å². The van der Waals surface area contributed by atoms with Crippen LogP contribution >= 0.6 is 12.4 Å². The van der Waals surface area contributed by atoms with Gasteiger partial charge in [0.25, 0.3) is 15.9 Å². The van der Waals surface area contributed by atoms with E-state index in [0.29, 0.717) is 24.7 Å². The van der Waals surface area contributed by atoms with Crippen molar-refractivity contribution in [1.82, 2.24) is 10.6 Å². The van der Waals surface area contributed by atoms with E-state index < -0.39 is 26.6 Å². The van der Waals surface area contributed by atoms with Crippen LogP contribution < -0.4 is 15.4 Å². The summed E-state index contributed by atoms with van der Waals surface area (Å²) in [6.07, 6.45) is 1.01. The van der Waals surface area contributed by atoms with Crippen LogP contribution in [0.2, 0.25) is 0 Å². The number of anilines is 1. The molecule has 28 heavy (non-hydrogen) atoms. The third-order valence-electron chi connectivity index (χ3n) is 3.61. The molecule has 2 aromatic rings. The van der Waals surface area contributed by atoms with Crippen LogP contribution in [-0.4, -0.2) is 34.0 Å². The van der Waals surface area contributed by atoms with Gasteiger partial charge in [-0.25, -0.2) is 17.2 Å². The van der Waals surface area contributed by atoms with Crippen molar-refractivity contribution in [3.8, 4) is 0 Å². The molecule has 2 aromatic carbocycles. The highest BCUT2D eigenvalue weighted by Crippen LogP contribution is 2.18. The largest absolute Gasteiger partial charge is 0.351 e. The molecule has 0 aromatic heterocycles. The van der Waals surface area contributed by atoms with Gasteiger partial charge in [0.05, 0.1) is 4.90 Å². The minimum absolute atomic E-state index is 0. The standard InChI is InChI=1S/C18H21F2N3O3S.ClH/c1-2-9-21-10-11-22-18(24)13-3-5-14(6-4-13)23-27(25,26)15-7-8-16(19)17(20)12-15;/h3-8,12,21,23H,2,9-11H2,1H3,(H,22,24);1H. The molecule has 0 aliphatic rings. The molecule has 0 atom stereocenters. The smallest absolute Gasteiger partial charge is 0.261 e. The maximum Gasteiger partial charge on any atom is 0.261 e. The van der Waals surface area contributed by atoms with Crippen molar-refractivity contribution in [3.05, 3.63) is 59.7 Å². The second kappa shape index (κ2) is 10.9. The summed E-state index contributed by atoms with van der Waals surface area (Å²) in [4.78, 5) is 11.6. The maximum absolute atomic E-state index is 13.2. The maximum atomic E-state index is 13.2. The molecule has 154 valence electrons. The zero-order valence-corrected chi connectivity index (χ0v) is 16.8. The van der Waals surface area contributed by atoms with Crippen LogP contribution in [0.3, 0.4) is 0 Å². The topological polar surface area (TPSA) is 87.3 Å². The summed E-state index contributed by atoms with van der Waals surface area (Å²) in [6, 6.07) is 8.09. The van der Waals surface area contributed by atoms with Gasteiger partial charge in [-0.1, -0.05) is 6.92 Å². The van der Waals surface area contributed by atoms with Gasteiger partial charge in [-0.2, -0.15) is 0 Å². The Morgan fingerprint density at radius 2 is 1.64 bits per heavy atom. The van der Waals surface area contributed by atoms with Gasteiger partial charge in [-0.15, -0.1) is 12.4 Å². The normalized spacial score (nSPS) is 10.8. The number of halogens is 3. The second-order valence-corrected chi connectivity index (χ2v) is 7.45. The van der Waals surface area contributed by atoms with E-state index in [9.17, 15) is 22.0 Å². The molecular weight excluding hydrogens is 412 g/mol. The number of carbonyl (C=O) groups excluding carboxylic acids is 1. The summed E-state index contributed by atoms with van der Waals surface area (Å²) in [6.45, 7) is 4.06. The Balaban J connectivity index is 0.00000392. The summed E-state index contributed by atoms with van der Waals surface area (Å²) in [5.41, 5.74) is 0.571. The average molecular weight is 434 g/mol. The molecule has 6 nitrogen and oxygen atoms in total. The number of hydrogen-bond acceptors (Lipinski definition) is 4. The summed E-state index contributed by atoms with van der Waals surface area (Å²) < 4.78 is 52.9. The highest BCUT2D eigenvalue weighted by atomic mass is 35.5. The molecule has 10 heteroatoms. The first kappa shape index (κ1) is 23.8. The number of hydrogen-bond donors (Lipinski definition) is 3. The van der Waals surface area contributed by atoms with Gasteiger partial charge >= 0.3 is 0 Å². The summed E-state index contributed by atoms with van der Waals surface area (Å²) >= 11 is 0. The van der Waals surface area contributed by atoms with E-state index in [0.717, 1.165) is 25.1 Å². The molecule has 0 aliphatic heterocycles. The van der Waals surface area contributed by atoms with Crippen LogP contribution in [0.4, 0.5) is 14.5 Å². The van der Waals surface area contributed by atoms with E-state index in [2.05, 4.69) is 15.4 Å². The van der Waals surface area contributed by atoms with Crippen LogP contribution in [0, 0.1) is 11.6 Å². The monoisotopic (exact) mass is 433 g/mol. The molecule has 0 unspecified atom stereocenters. The summed E-state index contributed by atoms with van der Waals surface area (Å²) in [5, 5.41) is 5.90. The van der Waals surface area contributed by atoms with Crippen molar-refractivity contribution in [2.45, 2.75) is 18.2 Å². The fourth-order valence-corrected chi connectivity index (χ4v) is 3.29.